The Labute approximate surface area is 98.3 Å². The van der Waals surface area contributed by atoms with Gasteiger partial charge in [-0.15, -0.1) is 0 Å². The number of aryl methyl sites for hydroxylation is 1. The van der Waals surface area contributed by atoms with Crippen molar-refractivity contribution in [3.8, 4) is 0 Å². The van der Waals surface area contributed by atoms with Crippen LogP contribution in [0.4, 0.5) is 0 Å². The zero-order valence-electron chi connectivity index (χ0n) is 9.46. The van der Waals surface area contributed by atoms with Gasteiger partial charge in [-0.25, -0.2) is 0 Å². The smallest absolute Gasteiger partial charge is 0.274 e. The van der Waals surface area contributed by atoms with Crippen molar-refractivity contribution in [1.29, 1.82) is 0 Å². The molecule has 7 nitrogen and oxygen atoms in total. The van der Waals surface area contributed by atoms with Crippen LogP contribution in [-0.4, -0.2) is 32.9 Å². The summed E-state index contributed by atoms with van der Waals surface area (Å²) in [6.07, 6.45) is 4.36. The van der Waals surface area contributed by atoms with Crippen LogP contribution in [0.3, 0.4) is 0 Å². The molecular formula is C10H13N5O2. The van der Waals surface area contributed by atoms with Crippen molar-refractivity contribution < 1.29 is 4.92 Å². The van der Waals surface area contributed by atoms with Gasteiger partial charge >= 0.3 is 0 Å². The Morgan fingerprint density at radius 3 is 3.06 bits per heavy atom. The zero-order valence-corrected chi connectivity index (χ0v) is 9.46. The van der Waals surface area contributed by atoms with Crippen molar-refractivity contribution in [2.24, 2.45) is 0 Å². The molecule has 2 rings (SSSR count). The van der Waals surface area contributed by atoms with E-state index in [1.807, 2.05) is 11.8 Å². The standard InChI is InChI=1S/C10H13N5O2/c1-8-4-13-9(5-12-8)6-14-3-2-11-10(14)7-15(16)17/h4-5,7,11H,2-3,6H2,1H3. The first kappa shape index (κ1) is 11.3. The van der Waals surface area contributed by atoms with Crippen LogP contribution in [0, 0.1) is 17.0 Å². The van der Waals surface area contributed by atoms with E-state index < -0.39 is 4.92 Å². The largest absolute Gasteiger partial charge is 0.365 e. The van der Waals surface area contributed by atoms with E-state index in [1.165, 1.54) is 0 Å². The number of hydrogen-bond donors (Lipinski definition) is 1. The Balaban J connectivity index is 2.07. The average molecular weight is 235 g/mol. The van der Waals surface area contributed by atoms with Gasteiger partial charge in [0, 0.05) is 19.3 Å². The monoisotopic (exact) mass is 235 g/mol. The van der Waals surface area contributed by atoms with Gasteiger partial charge in [-0.3, -0.25) is 20.1 Å². The average Bonchev–Trinajstić information content (AvgIpc) is 2.68. The first-order valence-corrected chi connectivity index (χ1v) is 5.27. The Kier molecular flexibility index (Phi) is 3.17. The third kappa shape index (κ3) is 2.90. The van der Waals surface area contributed by atoms with Crippen molar-refractivity contribution in [2.75, 3.05) is 13.1 Å². The fraction of sp³-hybridized carbons (Fsp3) is 0.400. The maximum Gasteiger partial charge on any atom is 0.274 e. The number of nitro groups is 1. The number of aromatic nitrogens is 2. The fourth-order valence-corrected chi connectivity index (χ4v) is 1.64. The Morgan fingerprint density at radius 1 is 1.59 bits per heavy atom. The highest BCUT2D eigenvalue weighted by Gasteiger charge is 2.19. The molecule has 7 heteroatoms. The molecule has 1 aliphatic heterocycles. The van der Waals surface area contributed by atoms with E-state index in [-0.39, 0.29) is 0 Å². The molecule has 1 aliphatic rings. The first-order valence-electron chi connectivity index (χ1n) is 5.27. The number of nitrogens with one attached hydrogen (secondary N) is 1. The summed E-state index contributed by atoms with van der Waals surface area (Å²) in [5.74, 6) is 0.525. The van der Waals surface area contributed by atoms with Crippen LogP contribution in [0.25, 0.3) is 0 Å². The van der Waals surface area contributed by atoms with E-state index in [0.29, 0.717) is 18.9 Å². The molecule has 1 aromatic rings. The van der Waals surface area contributed by atoms with Crippen LogP contribution >= 0.6 is 0 Å². The van der Waals surface area contributed by atoms with Crippen molar-refractivity contribution in [2.45, 2.75) is 13.5 Å². The van der Waals surface area contributed by atoms with E-state index >= 15 is 0 Å². The minimum absolute atomic E-state index is 0.457. The minimum atomic E-state index is -0.457. The van der Waals surface area contributed by atoms with Crippen molar-refractivity contribution in [3.05, 3.63) is 45.9 Å². The van der Waals surface area contributed by atoms with Crippen LogP contribution in [-0.2, 0) is 6.54 Å². The third-order valence-corrected chi connectivity index (χ3v) is 2.44. The molecule has 1 aromatic heterocycles. The van der Waals surface area contributed by atoms with E-state index in [2.05, 4.69) is 15.3 Å². The molecule has 0 atom stereocenters. The molecule has 0 aromatic carbocycles. The number of nitrogens with zero attached hydrogens (tertiary/aromatic N) is 4. The van der Waals surface area contributed by atoms with E-state index in [0.717, 1.165) is 24.1 Å². The summed E-state index contributed by atoms with van der Waals surface area (Å²) in [6.45, 7) is 3.83. The summed E-state index contributed by atoms with van der Waals surface area (Å²) in [7, 11) is 0. The summed E-state index contributed by atoms with van der Waals surface area (Å²) < 4.78 is 0. The number of hydrogen-bond acceptors (Lipinski definition) is 6. The van der Waals surface area contributed by atoms with Crippen LogP contribution in [0.15, 0.2) is 24.4 Å². The lowest BCUT2D eigenvalue weighted by molar-refractivity contribution is -0.404. The van der Waals surface area contributed by atoms with Gasteiger partial charge in [0.25, 0.3) is 6.20 Å². The predicted molar refractivity (Wildman–Crippen MR) is 60.3 cm³/mol. The third-order valence-electron chi connectivity index (χ3n) is 2.44. The van der Waals surface area contributed by atoms with Crippen LogP contribution in [0.2, 0.25) is 0 Å². The Morgan fingerprint density at radius 2 is 2.41 bits per heavy atom. The van der Waals surface area contributed by atoms with Gasteiger partial charge in [0.1, 0.15) is 0 Å². The van der Waals surface area contributed by atoms with Crippen LogP contribution in [0.5, 0.6) is 0 Å². The summed E-state index contributed by atoms with van der Waals surface area (Å²) >= 11 is 0. The van der Waals surface area contributed by atoms with E-state index in [1.54, 1.807) is 12.4 Å². The highest BCUT2D eigenvalue weighted by molar-refractivity contribution is 5.06. The van der Waals surface area contributed by atoms with Crippen molar-refractivity contribution in [1.82, 2.24) is 20.2 Å². The lowest BCUT2D eigenvalue weighted by Gasteiger charge is -2.16. The van der Waals surface area contributed by atoms with Gasteiger partial charge in [0.2, 0.25) is 0 Å². The second-order valence-corrected chi connectivity index (χ2v) is 3.80. The first-order chi connectivity index (χ1) is 8.15. The highest BCUT2D eigenvalue weighted by Crippen LogP contribution is 2.11. The molecule has 17 heavy (non-hydrogen) atoms. The Hall–Kier alpha value is -2.18. The molecule has 0 spiro atoms. The molecule has 2 heterocycles. The summed E-state index contributed by atoms with van der Waals surface area (Å²) in [4.78, 5) is 20.2. The summed E-state index contributed by atoms with van der Waals surface area (Å²) in [5.41, 5.74) is 1.66. The second-order valence-electron chi connectivity index (χ2n) is 3.80. The van der Waals surface area contributed by atoms with Crippen molar-refractivity contribution >= 4 is 0 Å². The SMILES string of the molecule is Cc1cnc(CN2CCNC2=C[N+](=O)[O-])cn1. The second kappa shape index (κ2) is 4.77. The maximum absolute atomic E-state index is 10.4. The lowest BCUT2D eigenvalue weighted by atomic mass is 10.4. The van der Waals surface area contributed by atoms with E-state index in [4.69, 9.17) is 0 Å². The molecule has 0 radical (unpaired) electrons. The van der Waals surface area contributed by atoms with E-state index in [9.17, 15) is 10.1 Å². The quantitative estimate of drug-likeness (QED) is 0.598. The highest BCUT2D eigenvalue weighted by atomic mass is 16.6. The molecule has 0 aliphatic carbocycles. The lowest BCUT2D eigenvalue weighted by Crippen LogP contribution is -2.21. The molecule has 0 bridgehead atoms. The molecule has 0 unspecified atom stereocenters. The molecule has 1 fully saturated rings. The normalized spacial score (nSPS) is 17.2. The van der Waals surface area contributed by atoms with Crippen molar-refractivity contribution in [3.63, 3.8) is 0 Å². The Bertz CT molecular complexity index is 443. The summed E-state index contributed by atoms with van der Waals surface area (Å²) in [6, 6.07) is 0. The fourth-order valence-electron chi connectivity index (χ4n) is 1.64. The van der Waals surface area contributed by atoms with Gasteiger partial charge in [0.15, 0.2) is 5.82 Å². The number of rotatable bonds is 3. The summed E-state index contributed by atoms with van der Waals surface area (Å²) in [5, 5.41) is 13.4. The topological polar surface area (TPSA) is 84.2 Å². The minimum Gasteiger partial charge on any atom is -0.365 e. The molecule has 1 N–H and O–H groups in total. The van der Waals surface area contributed by atoms with Crippen LogP contribution in [0.1, 0.15) is 11.4 Å². The molecular weight excluding hydrogens is 222 g/mol. The van der Waals surface area contributed by atoms with Gasteiger partial charge in [-0.1, -0.05) is 0 Å². The van der Waals surface area contributed by atoms with Gasteiger partial charge in [0.05, 0.1) is 29.1 Å². The predicted octanol–water partition coefficient (Wildman–Crippen LogP) is 0.266. The van der Waals surface area contributed by atoms with Gasteiger partial charge in [-0.2, -0.15) is 0 Å². The zero-order chi connectivity index (χ0) is 12.3. The van der Waals surface area contributed by atoms with Gasteiger partial charge < -0.3 is 10.2 Å². The van der Waals surface area contributed by atoms with Gasteiger partial charge in [-0.05, 0) is 6.92 Å². The molecule has 90 valence electrons. The van der Waals surface area contributed by atoms with Crippen LogP contribution < -0.4 is 5.32 Å². The molecule has 0 saturated carbocycles. The maximum atomic E-state index is 10.4. The molecule has 1 saturated heterocycles. The molecule has 0 amide bonds.